The summed E-state index contributed by atoms with van der Waals surface area (Å²) in [4.78, 5) is 15.4. The number of aromatic nitrogens is 1. The van der Waals surface area contributed by atoms with Gasteiger partial charge in [-0.3, -0.25) is 9.69 Å². The summed E-state index contributed by atoms with van der Waals surface area (Å²) in [6.45, 7) is 1.62. The van der Waals surface area contributed by atoms with Crippen LogP contribution in [0.25, 0.3) is 11.3 Å². The van der Waals surface area contributed by atoms with Crippen LogP contribution in [0.2, 0.25) is 5.02 Å². The zero-order valence-electron chi connectivity index (χ0n) is 18.1. The molecule has 2 aromatic carbocycles. The number of methoxy groups -OCH3 is 2. The molecule has 0 bridgehead atoms. The molecule has 1 aliphatic rings. The third-order valence-electron chi connectivity index (χ3n) is 5.31. The Balaban J connectivity index is 1.89. The molecule has 0 N–H and O–H groups in total. The van der Waals surface area contributed by atoms with Crippen LogP contribution < -0.4 is 14.4 Å². The topological polar surface area (TPSA) is 98.9 Å². The number of aryl methyl sites for hydroxylation is 1. The lowest BCUT2D eigenvalue weighted by atomic mass is 10.0. The summed E-state index contributed by atoms with van der Waals surface area (Å²) in [5, 5.41) is 5.59. The van der Waals surface area contributed by atoms with E-state index in [4.69, 9.17) is 25.6 Å². The second-order valence-electron chi connectivity index (χ2n) is 7.38. The molecule has 0 saturated heterocycles. The maximum atomic E-state index is 14.0. The number of benzene rings is 2. The zero-order chi connectivity index (χ0) is 23.8. The van der Waals surface area contributed by atoms with Gasteiger partial charge >= 0.3 is 0 Å². The van der Waals surface area contributed by atoms with Crippen LogP contribution in [-0.2, 0) is 9.84 Å². The van der Waals surface area contributed by atoms with Crippen LogP contribution in [0.5, 0.6) is 11.5 Å². The van der Waals surface area contributed by atoms with Gasteiger partial charge in [-0.2, -0.15) is 0 Å². The van der Waals surface area contributed by atoms with E-state index in [0.717, 1.165) is 5.41 Å². The lowest BCUT2D eigenvalue weighted by Gasteiger charge is -2.29. The Kier molecular flexibility index (Phi) is 6.18. The fraction of sp³-hybridized carbons (Fsp3) is 0.217. The van der Waals surface area contributed by atoms with Crippen LogP contribution in [0.4, 0.5) is 5.69 Å². The largest absolute Gasteiger partial charge is 0.497 e. The predicted octanol–water partition coefficient (Wildman–Crippen LogP) is 4.28. The first kappa shape index (κ1) is 22.9. The second-order valence-corrected chi connectivity index (χ2v) is 9.72. The normalized spacial score (nSPS) is 16.5. The molecule has 4 rings (SSSR count). The van der Waals surface area contributed by atoms with Crippen LogP contribution in [-0.4, -0.2) is 45.5 Å². The number of amides is 1. The number of sulfone groups is 1. The van der Waals surface area contributed by atoms with Crippen molar-refractivity contribution in [1.82, 2.24) is 5.16 Å². The Morgan fingerprint density at radius 1 is 1.18 bits per heavy atom. The van der Waals surface area contributed by atoms with E-state index in [2.05, 4.69) is 5.16 Å². The first-order valence-corrected chi connectivity index (χ1v) is 12.0. The molecule has 1 aromatic heterocycles. The minimum absolute atomic E-state index is 0.179. The highest BCUT2D eigenvalue weighted by Crippen LogP contribution is 2.38. The van der Waals surface area contributed by atoms with Crippen molar-refractivity contribution in [2.75, 3.05) is 24.9 Å². The molecule has 0 radical (unpaired) electrons. The molecule has 0 unspecified atom stereocenters. The first-order valence-electron chi connectivity index (χ1n) is 9.93. The molecule has 1 aliphatic heterocycles. The molecule has 1 atom stereocenters. The maximum absolute atomic E-state index is 14.0. The molecule has 8 nitrogen and oxygen atoms in total. The number of halogens is 1. The molecule has 10 heteroatoms. The Labute approximate surface area is 196 Å². The van der Waals surface area contributed by atoms with E-state index in [1.54, 1.807) is 49.4 Å². The standard InChI is InChI=1S/C23H21ClN2O6S/c1-14-21(22(25-32-14)17-6-4-5-7-18(17)24)23(27)26(15-10-11-33(28,29)13-15)19-9-8-16(30-2)12-20(19)31-3/h4-12,15H,13H2,1-3H3/t15-/m0/s1. The van der Waals surface area contributed by atoms with Crippen molar-refractivity contribution in [3.05, 3.63) is 70.3 Å². The van der Waals surface area contributed by atoms with Gasteiger partial charge in [-0.25, -0.2) is 8.42 Å². The molecular weight excluding hydrogens is 468 g/mol. The highest BCUT2D eigenvalue weighted by Gasteiger charge is 2.36. The van der Waals surface area contributed by atoms with E-state index in [0.29, 0.717) is 27.8 Å². The predicted molar refractivity (Wildman–Crippen MR) is 125 cm³/mol. The summed E-state index contributed by atoms with van der Waals surface area (Å²) in [6, 6.07) is 11.1. The fourth-order valence-electron chi connectivity index (χ4n) is 3.72. The highest BCUT2D eigenvalue weighted by molar-refractivity contribution is 7.94. The average molecular weight is 489 g/mol. The van der Waals surface area contributed by atoms with Crippen LogP contribution in [0.3, 0.4) is 0 Å². The maximum Gasteiger partial charge on any atom is 0.264 e. The van der Waals surface area contributed by atoms with Crippen molar-refractivity contribution in [2.24, 2.45) is 0 Å². The number of rotatable bonds is 6. The summed E-state index contributed by atoms with van der Waals surface area (Å²) in [5.74, 6) is 0.375. The van der Waals surface area contributed by atoms with Crippen LogP contribution in [0, 0.1) is 6.92 Å². The van der Waals surface area contributed by atoms with E-state index in [-0.39, 0.29) is 22.8 Å². The molecule has 0 spiro atoms. The zero-order valence-corrected chi connectivity index (χ0v) is 19.7. The SMILES string of the molecule is COc1ccc(N(C(=O)c2c(-c3ccccc3Cl)noc2C)[C@H]2C=CS(=O)(=O)C2)c(OC)c1. The molecule has 0 fully saturated rings. The van der Waals surface area contributed by atoms with Crippen LogP contribution >= 0.6 is 11.6 Å². The number of hydrogen-bond donors (Lipinski definition) is 0. The summed E-state index contributed by atoms with van der Waals surface area (Å²) in [5.41, 5.74) is 1.35. The van der Waals surface area contributed by atoms with Crippen molar-refractivity contribution in [2.45, 2.75) is 13.0 Å². The van der Waals surface area contributed by atoms with Gasteiger partial charge in [0.15, 0.2) is 9.84 Å². The van der Waals surface area contributed by atoms with Gasteiger partial charge in [-0.1, -0.05) is 35.0 Å². The average Bonchev–Trinajstić information content (AvgIpc) is 3.35. The van der Waals surface area contributed by atoms with Crippen molar-refractivity contribution in [3.8, 4) is 22.8 Å². The number of carbonyl (C=O) groups excluding carboxylic acids is 1. The summed E-state index contributed by atoms with van der Waals surface area (Å²) in [6.07, 6.45) is 1.48. The van der Waals surface area contributed by atoms with E-state index in [9.17, 15) is 13.2 Å². The van der Waals surface area contributed by atoms with E-state index in [1.165, 1.54) is 25.2 Å². The monoisotopic (exact) mass is 488 g/mol. The van der Waals surface area contributed by atoms with E-state index >= 15 is 0 Å². The molecule has 1 amide bonds. The lowest BCUT2D eigenvalue weighted by Crippen LogP contribution is -2.41. The smallest absolute Gasteiger partial charge is 0.264 e. The van der Waals surface area contributed by atoms with E-state index in [1.807, 2.05) is 0 Å². The summed E-state index contributed by atoms with van der Waals surface area (Å²) >= 11 is 6.36. The molecule has 33 heavy (non-hydrogen) atoms. The Morgan fingerprint density at radius 2 is 1.94 bits per heavy atom. The fourth-order valence-corrected chi connectivity index (χ4v) is 5.22. The van der Waals surface area contributed by atoms with Gasteiger partial charge in [0, 0.05) is 17.0 Å². The second kappa shape index (κ2) is 8.92. The number of ether oxygens (including phenoxy) is 2. The minimum Gasteiger partial charge on any atom is -0.497 e. The number of nitrogens with zero attached hydrogens (tertiary/aromatic N) is 2. The van der Waals surface area contributed by atoms with Gasteiger partial charge in [0.2, 0.25) is 0 Å². The quantitative estimate of drug-likeness (QED) is 0.510. The Hall–Kier alpha value is -3.30. The van der Waals surface area contributed by atoms with Crippen LogP contribution in [0.15, 0.2) is 58.5 Å². The molecular formula is C23H21ClN2O6S. The summed E-state index contributed by atoms with van der Waals surface area (Å²) in [7, 11) is -0.488. The van der Waals surface area contributed by atoms with E-state index < -0.39 is 21.8 Å². The van der Waals surface area contributed by atoms with Gasteiger partial charge in [0.1, 0.15) is 28.5 Å². The van der Waals surface area contributed by atoms with Crippen molar-refractivity contribution < 1.29 is 27.2 Å². The number of hydrogen-bond acceptors (Lipinski definition) is 7. The molecule has 0 saturated carbocycles. The third-order valence-corrected chi connectivity index (χ3v) is 7.02. The first-order chi connectivity index (χ1) is 15.8. The summed E-state index contributed by atoms with van der Waals surface area (Å²) < 4.78 is 40.6. The minimum atomic E-state index is -3.46. The number of anilines is 1. The van der Waals surface area contributed by atoms with Gasteiger partial charge in [-0.05, 0) is 31.2 Å². The molecule has 3 aromatic rings. The van der Waals surface area contributed by atoms with Crippen LogP contribution in [0.1, 0.15) is 16.1 Å². The van der Waals surface area contributed by atoms with Crippen molar-refractivity contribution in [1.29, 1.82) is 0 Å². The Morgan fingerprint density at radius 3 is 2.58 bits per heavy atom. The molecule has 0 aliphatic carbocycles. The highest BCUT2D eigenvalue weighted by atomic mass is 35.5. The van der Waals surface area contributed by atoms with Gasteiger partial charge < -0.3 is 14.0 Å². The number of carbonyl (C=O) groups is 1. The van der Waals surface area contributed by atoms with Crippen molar-refractivity contribution >= 4 is 33.0 Å². The van der Waals surface area contributed by atoms with Crippen molar-refractivity contribution in [3.63, 3.8) is 0 Å². The van der Waals surface area contributed by atoms with Gasteiger partial charge in [-0.15, -0.1) is 0 Å². The van der Waals surface area contributed by atoms with Gasteiger partial charge in [0.05, 0.1) is 36.7 Å². The molecule has 2 heterocycles. The van der Waals surface area contributed by atoms with Gasteiger partial charge in [0.25, 0.3) is 5.91 Å². The lowest BCUT2D eigenvalue weighted by molar-refractivity contribution is 0.0981. The molecule has 172 valence electrons. The third kappa shape index (κ3) is 4.34. The Bertz CT molecular complexity index is 1350.